The Labute approximate surface area is 71.8 Å². The van der Waals surface area contributed by atoms with Gasteiger partial charge in [-0.05, 0) is 6.92 Å². The van der Waals surface area contributed by atoms with Crippen molar-refractivity contribution < 1.29 is 19.1 Å². The standard InChI is InChI=1S/C8H13O4/c1-4-12-7(9)5-6(2)8(10)11-3/h5-6H,4H2,1-3H3. The fourth-order valence-corrected chi connectivity index (χ4v) is 0.648. The SMILES string of the molecule is CCOC(=O)[CH]C(C)C(=O)OC. The molecule has 0 aromatic rings. The zero-order valence-electron chi connectivity index (χ0n) is 7.49. The number of methoxy groups -OCH3 is 1. The van der Waals surface area contributed by atoms with Crippen LogP contribution in [0.5, 0.6) is 0 Å². The minimum absolute atomic E-state index is 0.309. The molecule has 1 radical (unpaired) electrons. The molecule has 0 spiro atoms. The van der Waals surface area contributed by atoms with E-state index >= 15 is 0 Å². The lowest BCUT2D eigenvalue weighted by Crippen LogP contribution is -2.19. The van der Waals surface area contributed by atoms with Crippen LogP contribution < -0.4 is 0 Å². The van der Waals surface area contributed by atoms with Crippen molar-refractivity contribution in [2.24, 2.45) is 5.92 Å². The van der Waals surface area contributed by atoms with Crippen LogP contribution in [0.2, 0.25) is 0 Å². The van der Waals surface area contributed by atoms with E-state index in [1.165, 1.54) is 13.5 Å². The molecule has 0 heterocycles. The van der Waals surface area contributed by atoms with Gasteiger partial charge in [0.1, 0.15) is 0 Å². The summed E-state index contributed by atoms with van der Waals surface area (Å²) < 4.78 is 9.02. The average molecular weight is 173 g/mol. The Kier molecular flexibility index (Phi) is 5.08. The minimum Gasteiger partial charge on any atom is -0.469 e. The molecular formula is C8H13O4. The molecule has 1 unspecified atom stereocenters. The summed E-state index contributed by atoms with van der Waals surface area (Å²) in [6, 6.07) is 0. The van der Waals surface area contributed by atoms with Gasteiger partial charge in [-0.25, -0.2) is 0 Å². The van der Waals surface area contributed by atoms with Crippen molar-refractivity contribution >= 4 is 11.9 Å². The van der Waals surface area contributed by atoms with Crippen LogP contribution in [0, 0.1) is 12.3 Å². The van der Waals surface area contributed by atoms with Crippen molar-refractivity contribution in [1.29, 1.82) is 0 Å². The Balaban J connectivity index is 3.75. The second-order valence-electron chi connectivity index (χ2n) is 2.23. The van der Waals surface area contributed by atoms with Crippen molar-refractivity contribution in [1.82, 2.24) is 0 Å². The minimum atomic E-state index is -0.547. The summed E-state index contributed by atoms with van der Waals surface area (Å²) in [5.74, 6) is -1.48. The van der Waals surface area contributed by atoms with Gasteiger partial charge in [-0.2, -0.15) is 0 Å². The van der Waals surface area contributed by atoms with Gasteiger partial charge in [-0.3, -0.25) is 9.59 Å². The maximum atomic E-state index is 10.8. The summed E-state index contributed by atoms with van der Waals surface area (Å²) in [5.41, 5.74) is 0. The fraction of sp³-hybridized carbons (Fsp3) is 0.625. The van der Waals surface area contributed by atoms with Crippen LogP contribution in [0.1, 0.15) is 13.8 Å². The first-order valence-electron chi connectivity index (χ1n) is 3.71. The lowest BCUT2D eigenvalue weighted by Gasteiger charge is -2.06. The van der Waals surface area contributed by atoms with E-state index in [1.54, 1.807) is 13.8 Å². The van der Waals surface area contributed by atoms with E-state index in [1.807, 2.05) is 0 Å². The predicted octanol–water partition coefficient (Wildman–Crippen LogP) is 0.563. The van der Waals surface area contributed by atoms with Crippen LogP contribution in [0.3, 0.4) is 0 Å². The molecule has 0 aliphatic heterocycles. The smallest absolute Gasteiger partial charge is 0.310 e. The number of carbonyl (C=O) groups excluding carboxylic acids is 2. The van der Waals surface area contributed by atoms with E-state index in [-0.39, 0.29) is 0 Å². The Morgan fingerprint density at radius 2 is 2.08 bits per heavy atom. The first-order chi connectivity index (χ1) is 5.61. The average Bonchev–Trinajstić information content (AvgIpc) is 2.03. The topological polar surface area (TPSA) is 52.6 Å². The van der Waals surface area contributed by atoms with Gasteiger partial charge in [-0.15, -0.1) is 0 Å². The first kappa shape index (κ1) is 10.9. The zero-order chi connectivity index (χ0) is 9.56. The molecule has 0 fully saturated rings. The van der Waals surface area contributed by atoms with Gasteiger partial charge in [-0.1, -0.05) is 6.92 Å². The molecule has 4 heteroatoms. The third kappa shape index (κ3) is 3.95. The summed E-state index contributed by atoms with van der Waals surface area (Å²) in [7, 11) is 1.28. The third-order valence-corrected chi connectivity index (χ3v) is 1.25. The molecule has 0 bridgehead atoms. The van der Waals surface area contributed by atoms with Gasteiger partial charge >= 0.3 is 11.9 Å². The summed E-state index contributed by atoms with van der Waals surface area (Å²) in [5, 5.41) is 0. The van der Waals surface area contributed by atoms with Gasteiger partial charge in [0.15, 0.2) is 0 Å². The normalized spacial score (nSPS) is 11.9. The highest BCUT2D eigenvalue weighted by Gasteiger charge is 2.18. The Morgan fingerprint density at radius 1 is 1.50 bits per heavy atom. The largest absolute Gasteiger partial charge is 0.469 e. The highest BCUT2D eigenvalue weighted by atomic mass is 16.5. The van der Waals surface area contributed by atoms with Crippen molar-refractivity contribution in [2.75, 3.05) is 13.7 Å². The lowest BCUT2D eigenvalue weighted by atomic mass is 10.1. The Hall–Kier alpha value is -1.06. The number of hydrogen-bond acceptors (Lipinski definition) is 4. The van der Waals surface area contributed by atoms with E-state index in [0.717, 1.165) is 0 Å². The maximum Gasteiger partial charge on any atom is 0.310 e. The maximum absolute atomic E-state index is 10.8. The summed E-state index contributed by atoms with van der Waals surface area (Å²) in [6.45, 7) is 3.58. The number of esters is 2. The molecule has 0 saturated carbocycles. The summed E-state index contributed by atoms with van der Waals surface area (Å²) in [6.07, 6.45) is 1.19. The molecule has 0 aromatic heterocycles. The molecule has 0 aliphatic carbocycles. The molecule has 12 heavy (non-hydrogen) atoms. The van der Waals surface area contributed by atoms with E-state index in [2.05, 4.69) is 9.47 Å². The van der Waals surface area contributed by atoms with Gasteiger partial charge in [0, 0.05) is 0 Å². The summed E-state index contributed by atoms with van der Waals surface area (Å²) in [4.78, 5) is 21.6. The highest BCUT2D eigenvalue weighted by Crippen LogP contribution is 2.03. The molecule has 0 amide bonds. The van der Waals surface area contributed by atoms with Crippen LogP contribution in [0.4, 0.5) is 0 Å². The second kappa shape index (κ2) is 5.57. The van der Waals surface area contributed by atoms with Crippen LogP contribution in [-0.4, -0.2) is 25.7 Å². The fourth-order valence-electron chi connectivity index (χ4n) is 0.648. The quantitative estimate of drug-likeness (QED) is 0.583. The lowest BCUT2D eigenvalue weighted by molar-refractivity contribution is -0.148. The molecule has 1 atom stereocenters. The molecule has 0 N–H and O–H groups in total. The highest BCUT2D eigenvalue weighted by molar-refractivity contribution is 5.86. The Morgan fingerprint density at radius 3 is 2.50 bits per heavy atom. The monoisotopic (exact) mass is 173 g/mol. The van der Waals surface area contributed by atoms with Crippen LogP contribution in [-0.2, 0) is 19.1 Å². The van der Waals surface area contributed by atoms with E-state index in [4.69, 9.17) is 0 Å². The molecule has 4 nitrogen and oxygen atoms in total. The van der Waals surface area contributed by atoms with Crippen molar-refractivity contribution in [3.05, 3.63) is 6.42 Å². The predicted molar refractivity (Wildman–Crippen MR) is 42.1 cm³/mol. The van der Waals surface area contributed by atoms with Crippen LogP contribution in [0.15, 0.2) is 0 Å². The number of ether oxygens (including phenoxy) is 2. The third-order valence-electron chi connectivity index (χ3n) is 1.25. The molecule has 0 saturated heterocycles. The van der Waals surface area contributed by atoms with Crippen LogP contribution >= 0.6 is 0 Å². The van der Waals surface area contributed by atoms with Gasteiger partial charge < -0.3 is 9.47 Å². The molecule has 0 aromatic carbocycles. The number of hydrogen-bond donors (Lipinski definition) is 0. The van der Waals surface area contributed by atoms with Crippen molar-refractivity contribution in [3.63, 3.8) is 0 Å². The zero-order valence-corrected chi connectivity index (χ0v) is 7.49. The van der Waals surface area contributed by atoms with E-state index < -0.39 is 17.9 Å². The molecular weight excluding hydrogens is 160 g/mol. The molecule has 69 valence electrons. The second-order valence-corrected chi connectivity index (χ2v) is 2.23. The van der Waals surface area contributed by atoms with Crippen molar-refractivity contribution in [2.45, 2.75) is 13.8 Å². The Bertz CT molecular complexity index is 164. The van der Waals surface area contributed by atoms with Gasteiger partial charge in [0.25, 0.3) is 0 Å². The first-order valence-corrected chi connectivity index (χ1v) is 3.71. The number of rotatable bonds is 4. The number of carbonyl (C=O) groups is 2. The molecule has 0 aliphatic rings. The van der Waals surface area contributed by atoms with Crippen LogP contribution in [0.25, 0.3) is 0 Å². The van der Waals surface area contributed by atoms with E-state index in [0.29, 0.717) is 6.61 Å². The van der Waals surface area contributed by atoms with Gasteiger partial charge in [0.2, 0.25) is 0 Å². The van der Waals surface area contributed by atoms with Crippen molar-refractivity contribution in [3.8, 4) is 0 Å². The van der Waals surface area contributed by atoms with Gasteiger partial charge in [0.05, 0.1) is 26.1 Å². The molecule has 0 rings (SSSR count). The summed E-state index contributed by atoms with van der Waals surface area (Å²) >= 11 is 0. The van der Waals surface area contributed by atoms with E-state index in [9.17, 15) is 9.59 Å².